The van der Waals surface area contributed by atoms with Gasteiger partial charge in [-0.15, -0.1) is 0 Å². The van der Waals surface area contributed by atoms with E-state index in [9.17, 15) is 4.79 Å². The summed E-state index contributed by atoms with van der Waals surface area (Å²) in [5, 5.41) is 2.39. The van der Waals surface area contributed by atoms with E-state index in [-0.39, 0.29) is 12.6 Å². The minimum absolute atomic E-state index is 0.141. The van der Waals surface area contributed by atoms with Gasteiger partial charge in [-0.3, -0.25) is 0 Å². The monoisotopic (exact) mass is 506 g/mol. The van der Waals surface area contributed by atoms with Crippen molar-refractivity contribution in [1.29, 1.82) is 0 Å². The van der Waals surface area contributed by atoms with Crippen LogP contribution in [-0.4, -0.2) is 12.6 Å². The Morgan fingerprint density at radius 3 is 1.95 bits per heavy atom. The molecule has 0 fully saturated rings. The third kappa shape index (κ3) is 3.87. The van der Waals surface area contributed by atoms with Gasteiger partial charge < -0.3 is 9.47 Å². The van der Waals surface area contributed by atoms with Crippen LogP contribution in [0.4, 0.5) is 0 Å². The van der Waals surface area contributed by atoms with Crippen molar-refractivity contribution in [2.24, 2.45) is 0 Å². The number of hydrogen-bond acceptors (Lipinski definition) is 3. The van der Waals surface area contributed by atoms with Gasteiger partial charge in [0.15, 0.2) is 12.2 Å². The maximum Gasteiger partial charge on any atom is 0.345 e. The molecule has 0 radical (unpaired) electrons. The van der Waals surface area contributed by atoms with Gasteiger partial charge in [0.1, 0.15) is 5.75 Å². The Labute approximate surface area is 221 Å². The zero-order valence-electron chi connectivity index (χ0n) is 21.5. The summed E-state index contributed by atoms with van der Waals surface area (Å²) >= 11 is 0. The Bertz CT molecular complexity index is 1510. The van der Waals surface area contributed by atoms with Gasteiger partial charge in [0, 0.05) is 16.0 Å². The molecule has 2 aliphatic rings. The average molecular weight is 507 g/mol. The largest absolute Gasteiger partial charge is 0.481 e. The van der Waals surface area contributed by atoms with Crippen LogP contribution >= 0.6 is 10.9 Å². The van der Waals surface area contributed by atoms with Crippen molar-refractivity contribution in [2.45, 2.75) is 43.1 Å². The molecule has 1 atom stereocenters. The van der Waals surface area contributed by atoms with Crippen LogP contribution in [0, 0.1) is 13.8 Å². The van der Waals surface area contributed by atoms with Crippen molar-refractivity contribution >= 4 is 22.4 Å². The number of allylic oxidation sites excluding steroid dienone is 1. The Balaban J connectivity index is 1.22. The lowest BCUT2D eigenvalue weighted by atomic mass is 9.93. The van der Waals surface area contributed by atoms with Gasteiger partial charge in [-0.2, -0.15) is 10.9 Å². The van der Waals surface area contributed by atoms with Gasteiger partial charge in [-0.1, -0.05) is 66.7 Å². The number of ether oxygens (including phenoxy) is 2. The summed E-state index contributed by atoms with van der Waals surface area (Å²) in [4.78, 5) is 15.8. The van der Waals surface area contributed by atoms with E-state index in [4.69, 9.17) is 9.47 Å². The lowest BCUT2D eigenvalue weighted by molar-refractivity contribution is -0.157. The molecule has 4 aromatic rings. The number of carbonyl (C=O) groups excluding carboxylic acids is 1. The fourth-order valence-corrected chi connectivity index (χ4v) is 8.28. The van der Waals surface area contributed by atoms with Crippen molar-refractivity contribution in [2.75, 3.05) is 6.61 Å². The Morgan fingerprint density at radius 2 is 1.32 bits per heavy atom. The second-order valence-electron chi connectivity index (χ2n) is 10.00. The quantitative estimate of drug-likeness (QED) is 0.220. The van der Waals surface area contributed by atoms with E-state index < -0.39 is 16.5 Å². The molecule has 186 valence electrons. The topological polar surface area (TPSA) is 35.5 Å². The molecular weight excluding hydrogens is 476 g/mol. The van der Waals surface area contributed by atoms with Gasteiger partial charge in [-0.25, -0.2) is 4.79 Å². The standard InChI is InChI=1S/C33H30O3S/c1-21-17-24(37-20-23(3)25-11-7-10-16-30(25)37)18-22(2)32(21)35-19-31(34)36-33(4)28-14-8-5-12-26(28)27-13-6-9-15-29(27)33/h5-18,20,37H,19H2,1-4H3. The molecule has 1 heterocycles. The highest BCUT2D eigenvalue weighted by Gasteiger charge is 2.42. The Morgan fingerprint density at radius 1 is 0.784 bits per heavy atom. The third-order valence-electron chi connectivity index (χ3n) is 7.46. The molecule has 0 amide bonds. The van der Waals surface area contributed by atoms with Crippen molar-refractivity contribution in [1.82, 2.24) is 0 Å². The number of thiol groups is 1. The highest BCUT2D eigenvalue weighted by atomic mass is 32.2. The molecule has 4 heteroatoms. The predicted molar refractivity (Wildman–Crippen MR) is 151 cm³/mol. The summed E-state index contributed by atoms with van der Waals surface area (Å²) in [7, 11) is -0.537. The molecule has 0 saturated carbocycles. The summed E-state index contributed by atoms with van der Waals surface area (Å²) < 4.78 is 12.2. The number of carbonyl (C=O) groups is 1. The van der Waals surface area contributed by atoms with Crippen molar-refractivity contribution < 1.29 is 14.3 Å². The van der Waals surface area contributed by atoms with Crippen LogP contribution in [0.3, 0.4) is 0 Å². The van der Waals surface area contributed by atoms with E-state index >= 15 is 0 Å². The van der Waals surface area contributed by atoms with Crippen molar-refractivity contribution in [3.63, 3.8) is 0 Å². The molecule has 0 spiro atoms. The van der Waals surface area contributed by atoms with Crippen LogP contribution in [0.1, 0.15) is 41.7 Å². The molecule has 3 nitrogen and oxygen atoms in total. The first-order chi connectivity index (χ1) is 17.9. The second kappa shape index (κ2) is 8.97. The minimum atomic E-state index is -0.843. The lowest BCUT2D eigenvalue weighted by Crippen LogP contribution is -2.31. The summed E-state index contributed by atoms with van der Waals surface area (Å²) in [5.41, 5.74) is 8.12. The van der Waals surface area contributed by atoms with Gasteiger partial charge >= 0.3 is 5.97 Å². The molecule has 1 aliphatic carbocycles. The third-order valence-corrected chi connectivity index (χ3v) is 9.83. The predicted octanol–water partition coefficient (Wildman–Crippen LogP) is 7.96. The summed E-state index contributed by atoms with van der Waals surface area (Å²) in [6.07, 6.45) is 0. The molecule has 0 aromatic heterocycles. The maximum atomic E-state index is 13.1. The molecule has 4 aromatic carbocycles. The zero-order valence-corrected chi connectivity index (χ0v) is 22.4. The summed E-state index contributed by atoms with van der Waals surface area (Å²) in [6, 6.07) is 29.3. The van der Waals surface area contributed by atoms with Gasteiger partial charge in [0.05, 0.1) is 0 Å². The Kier molecular flexibility index (Phi) is 5.73. The Hall–Kier alpha value is -3.76. The number of rotatable bonds is 5. The first-order valence-corrected chi connectivity index (χ1v) is 14.0. The molecule has 37 heavy (non-hydrogen) atoms. The molecule has 0 saturated heterocycles. The molecule has 1 unspecified atom stereocenters. The second-order valence-corrected chi connectivity index (χ2v) is 12.0. The van der Waals surface area contributed by atoms with E-state index in [0.717, 1.165) is 39.1 Å². The van der Waals surface area contributed by atoms with Crippen LogP contribution in [0.15, 0.2) is 100 Å². The van der Waals surface area contributed by atoms with E-state index in [0.29, 0.717) is 0 Å². The van der Waals surface area contributed by atoms with Gasteiger partial charge in [0.2, 0.25) is 0 Å². The average Bonchev–Trinajstić information content (AvgIpc) is 3.36. The highest BCUT2D eigenvalue weighted by Crippen LogP contribution is 2.55. The number of hydrogen-bond donors (Lipinski definition) is 1. The first kappa shape index (κ1) is 23.6. The minimum Gasteiger partial charge on any atom is -0.481 e. The van der Waals surface area contributed by atoms with E-state index in [2.05, 4.69) is 74.7 Å². The van der Waals surface area contributed by atoms with E-state index in [1.807, 2.05) is 43.3 Å². The van der Waals surface area contributed by atoms with Crippen molar-refractivity contribution in [3.8, 4) is 16.9 Å². The summed E-state index contributed by atoms with van der Waals surface area (Å²) in [5.74, 6) is 0.366. The van der Waals surface area contributed by atoms with Crippen molar-refractivity contribution in [3.05, 3.63) is 118 Å². The van der Waals surface area contributed by atoms with E-state index in [1.54, 1.807) is 0 Å². The molecule has 0 bridgehead atoms. The fourth-order valence-electron chi connectivity index (χ4n) is 5.77. The number of benzene rings is 4. The number of fused-ring (bicyclic) bond motifs is 4. The first-order valence-electron chi connectivity index (χ1n) is 12.6. The highest BCUT2D eigenvalue weighted by molar-refractivity contribution is 8.20. The molecule has 6 rings (SSSR count). The molecule has 0 N–H and O–H groups in total. The summed E-state index contributed by atoms with van der Waals surface area (Å²) in [6.45, 7) is 8.12. The fraction of sp³-hybridized carbons (Fsp3) is 0.182. The number of aryl methyl sites for hydroxylation is 2. The lowest BCUT2D eigenvalue weighted by Gasteiger charge is -2.27. The molecular formula is C33H30O3S. The smallest absolute Gasteiger partial charge is 0.345 e. The maximum absolute atomic E-state index is 13.1. The van der Waals surface area contributed by atoms with Crippen LogP contribution in [0.5, 0.6) is 5.75 Å². The molecule has 1 aliphatic heterocycles. The van der Waals surface area contributed by atoms with Crippen LogP contribution in [0.25, 0.3) is 16.7 Å². The normalized spacial score (nSPS) is 17.4. The van der Waals surface area contributed by atoms with Crippen LogP contribution in [0.2, 0.25) is 0 Å². The van der Waals surface area contributed by atoms with Crippen LogP contribution in [-0.2, 0) is 15.1 Å². The van der Waals surface area contributed by atoms with Gasteiger partial charge in [0.25, 0.3) is 0 Å². The zero-order chi connectivity index (χ0) is 25.7. The van der Waals surface area contributed by atoms with Crippen LogP contribution < -0.4 is 4.74 Å². The van der Waals surface area contributed by atoms with Gasteiger partial charge in [-0.05, 0) is 89.6 Å². The van der Waals surface area contributed by atoms with E-state index in [1.165, 1.54) is 20.9 Å². The SMILES string of the molecule is CC1=C[SH](c2cc(C)c(OCC(=O)OC3(C)c4ccccc4-c4ccccc43)c(C)c2)c2ccccc21. The number of esters is 1.